The molecule has 2 N–H and O–H groups in total. The third-order valence-corrected chi connectivity index (χ3v) is 4.64. The molecule has 1 fully saturated rings. The van der Waals surface area contributed by atoms with E-state index in [2.05, 4.69) is 15.5 Å². The van der Waals surface area contributed by atoms with Gasteiger partial charge >= 0.3 is 0 Å². The zero-order valence-corrected chi connectivity index (χ0v) is 15.1. The Hall–Kier alpha value is -1.95. The van der Waals surface area contributed by atoms with Gasteiger partial charge in [-0.2, -0.15) is 0 Å². The fourth-order valence-corrected chi connectivity index (χ4v) is 2.87. The molecule has 5 nitrogen and oxygen atoms in total. The molecule has 3 rings (SSSR count). The maximum Gasteiger partial charge on any atom is 0.243 e. The van der Waals surface area contributed by atoms with Crippen molar-refractivity contribution in [3.8, 4) is 0 Å². The largest absolute Gasteiger partial charge is 0.378 e. The maximum atomic E-state index is 12.1. The average molecular weight is 380 g/mol. The molecular weight excluding hydrogens is 361 g/mol. The summed E-state index contributed by atoms with van der Waals surface area (Å²) in [5.74, 6) is -0.134. The number of ether oxygens (including phenoxy) is 1. The van der Waals surface area contributed by atoms with Crippen LogP contribution in [0.2, 0.25) is 10.0 Å². The Morgan fingerprint density at radius 3 is 2.36 bits per heavy atom. The first-order valence-corrected chi connectivity index (χ1v) is 8.79. The van der Waals surface area contributed by atoms with Gasteiger partial charge in [-0.15, -0.1) is 0 Å². The Labute approximate surface area is 156 Å². The van der Waals surface area contributed by atoms with E-state index in [-0.39, 0.29) is 12.5 Å². The number of carbonyl (C=O) groups excluding carboxylic acids is 1. The molecule has 25 heavy (non-hydrogen) atoms. The van der Waals surface area contributed by atoms with Crippen LogP contribution in [0.4, 0.5) is 17.1 Å². The van der Waals surface area contributed by atoms with Crippen LogP contribution in [0, 0.1) is 0 Å². The van der Waals surface area contributed by atoms with E-state index in [9.17, 15) is 4.79 Å². The van der Waals surface area contributed by atoms with Crippen LogP contribution in [0.25, 0.3) is 0 Å². The zero-order valence-electron chi connectivity index (χ0n) is 13.6. The summed E-state index contributed by atoms with van der Waals surface area (Å²) in [5.41, 5.74) is 2.64. The van der Waals surface area contributed by atoms with Crippen molar-refractivity contribution < 1.29 is 9.53 Å². The lowest BCUT2D eigenvalue weighted by atomic mass is 10.2. The third kappa shape index (κ3) is 5.01. The Morgan fingerprint density at radius 1 is 1.00 bits per heavy atom. The molecule has 0 radical (unpaired) electrons. The molecule has 1 saturated heterocycles. The van der Waals surface area contributed by atoms with Crippen molar-refractivity contribution in [3.63, 3.8) is 0 Å². The van der Waals surface area contributed by atoms with Crippen molar-refractivity contribution in [1.29, 1.82) is 0 Å². The number of benzene rings is 2. The highest BCUT2D eigenvalue weighted by Crippen LogP contribution is 2.25. The molecule has 2 aromatic rings. The first-order chi connectivity index (χ1) is 12.1. The standard InChI is InChI=1S/C18H19Cl2N3O2/c19-16-6-3-14(11-17(16)20)21-12-18(24)22-13-1-4-15(5-2-13)23-7-9-25-10-8-23/h1-6,11,21H,7-10,12H2,(H,22,24). The average Bonchev–Trinajstić information content (AvgIpc) is 2.64. The van der Waals surface area contributed by atoms with Gasteiger partial charge in [0.25, 0.3) is 0 Å². The lowest BCUT2D eigenvalue weighted by Crippen LogP contribution is -2.36. The molecule has 0 bridgehead atoms. The van der Waals surface area contributed by atoms with E-state index in [1.54, 1.807) is 18.2 Å². The van der Waals surface area contributed by atoms with E-state index in [0.29, 0.717) is 10.0 Å². The molecule has 0 spiro atoms. The third-order valence-electron chi connectivity index (χ3n) is 3.90. The van der Waals surface area contributed by atoms with Crippen LogP contribution in [0.15, 0.2) is 42.5 Å². The molecule has 1 heterocycles. The van der Waals surface area contributed by atoms with Crippen molar-refractivity contribution in [2.24, 2.45) is 0 Å². The number of hydrogen-bond acceptors (Lipinski definition) is 4. The highest BCUT2D eigenvalue weighted by molar-refractivity contribution is 6.42. The molecule has 0 unspecified atom stereocenters. The van der Waals surface area contributed by atoms with Gasteiger partial charge in [0.1, 0.15) is 0 Å². The number of amides is 1. The van der Waals surface area contributed by atoms with Gasteiger partial charge in [0.2, 0.25) is 5.91 Å². The molecule has 0 saturated carbocycles. The fourth-order valence-electron chi connectivity index (χ4n) is 2.57. The molecule has 7 heteroatoms. The second-order valence-corrected chi connectivity index (χ2v) is 6.49. The first-order valence-electron chi connectivity index (χ1n) is 8.03. The topological polar surface area (TPSA) is 53.6 Å². The van der Waals surface area contributed by atoms with E-state index in [1.807, 2.05) is 24.3 Å². The minimum atomic E-state index is -0.134. The van der Waals surface area contributed by atoms with Crippen LogP contribution in [-0.2, 0) is 9.53 Å². The molecule has 0 aliphatic carbocycles. The number of rotatable bonds is 5. The van der Waals surface area contributed by atoms with E-state index in [1.165, 1.54) is 0 Å². The lowest BCUT2D eigenvalue weighted by molar-refractivity contribution is -0.114. The molecule has 1 aliphatic rings. The van der Waals surface area contributed by atoms with Crippen LogP contribution in [0.3, 0.4) is 0 Å². The Kier molecular flexibility index (Phi) is 6.02. The highest BCUT2D eigenvalue weighted by Gasteiger charge is 2.11. The fraction of sp³-hybridized carbons (Fsp3) is 0.278. The Bertz CT molecular complexity index is 732. The van der Waals surface area contributed by atoms with Gasteiger partial charge in [0.05, 0.1) is 29.8 Å². The van der Waals surface area contributed by atoms with Gasteiger partial charge in [0, 0.05) is 30.2 Å². The predicted molar refractivity (Wildman–Crippen MR) is 103 cm³/mol. The summed E-state index contributed by atoms with van der Waals surface area (Å²) < 4.78 is 5.35. The minimum Gasteiger partial charge on any atom is -0.378 e. The number of halogens is 2. The quantitative estimate of drug-likeness (QED) is 0.827. The summed E-state index contributed by atoms with van der Waals surface area (Å²) in [5, 5.41) is 6.82. The molecule has 0 aromatic heterocycles. The molecule has 0 atom stereocenters. The van der Waals surface area contributed by atoms with E-state index in [0.717, 1.165) is 43.4 Å². The summed E-state index contributed by atoms with van der Waals surface area (Å²) in [4.78, 5) is 14.3. The normalized spacial score (nSPS) is 14.2. The highest BCUT2D eigenvalue weighted by atomic mass is 35.5. The summed E-state index contributed by atoms with van der Waals surface area (Å²) in [6.45, 7) is 3.42. The van der Waals surface area contributed by atoms with Crippen LogP contribution in [0.1, 0.15) is 0 Å². The Balaban J connectivity index is 1.51. The summed E-state index contributed by atoms with van der Waals surface area (Å²) in [6.07, 6.45) is 0. The second kappa shape index (κ2) is 8.43. The monoisotopic (exact) mass is 379 g/mol. The number of nitrogens with one attached hydrogen (secondary N) is 2. The van der Waals surface area contributed by atoms with Gasteiger partial charge in [-0.05, 0) is 42.5 Å². The SMILES string of the molecule is O=C(CNc1ccc(Cl)c(Cl)c1)Nc1ccc(N2CCOCC2)cc1. The van der Waals surface area contributed by atoms with Crippen molar-refractivity contribution in [1.82, 2.24) is 0 Å². The summed E-state index contributed by atoms with van der Waals surface area (Å²) >= 11 is 11.8. The van der Waals surface area contributed by atoms with Gasteiger partial charge in [-0.25, -0.2) is 0 Å². The van der Waals surface area contributed by atoms with Crippen molar-refractivity contribution >= 4 is 46.2 Å². The van der Waals surface area contributed by atoms with Crippen LogP contribution in [0.5, 0.6) is 0 Å². The summed E-state index contributed by atoms with van der Waals surface area (Å²) in [6, 6.07) is 13.0. The summed E-state index contributed by atoms with van der Waals surface area (Å²) in [7, 11) is 0. The van der Waals surface area contributed by atoms with E-state index >= 15 is 0 Å². The number of morpholine rings is 1. The van der Waals surface area contributed by atoms with Gasteiger partial charge < -0.3 is 20.3 Å². The van der Waals surface area contributed by atoms with Gasteiger partial charge in [-0.1, -0.05) is 23.2 Å². The van der Waals surface area contributed by atoms with Gasteiger partial charge in [-0.3, -0.25) is 4.79 Å². The van der Waals surface area contributed by atoms with Crippen molar-refractivity contribution in [3.05, 3.63) is 52.5 Å². The Morgan fingerprint density at radius 2 is 1.68 bits per heavy atom. The second-order valence-electron chi connectivity index (χ2n) is 5.68. The van der Waals surface area contributed by atoms with Crippen molar-refractivity contribution in [2.45, 2.75) is 0 Å². The number of carbonyl (C=O) groups is 1. The maximum absolute atomic E-state index is 12.1. The number of nitrogens with zero attached hydrogens (tertiary/aromatic N) is 1. The minimum absolute atomic E-state index is 0.134. The predicted octanol–water partition coefficient (Wildman–Crippen LogP) is 3.88. The van der Waals surface area contributed by atoms with Crippen molar-refractivity contribution in [2.75, 3.05) is 48.4 Å². The molecule has 1 aliphatic heterocycles. The number of anilines is 3. The number of hydrogen-bond donors (Lipinski definition) is 2. The molecular formula is C18H19Cl2N3O2. The lowest BCUT2D eigenvalue weighted by Gasteiger charge is -2.28. The van der Waals surface area contributed by atoms with E-state index in [4.69, 9.17) is 27.9 Å². The molecule has 1 amide bonds. The molecule has 132 valence electrons. The van der Waals surface area contributed by atoms with Gasteiger partial charge in [0.15, 0.2) is 0 Å². The smallest absolute Gasteiger partial charge is 0.243 e. The van der Waals surface area contributed by atoms with Crippen LogP contribution >= 0.6 is 23.2 Å². The zero-order chi connectivity index (χ0) is 17.6. The van der Waals surface area contributed by atoms with Crippen LogP contribution < -0.4 is 15.5 Å². The van der Waals surface area contributed by atoms with E-state index < -0.39 is 0 Å². The molecule has 2 aromatic carbocycles. The van der Waals surface area contributed by atoms with Crippen LogP contribution in [-0.4, -0.2) is 38.8 Å². The first kappa shape index (κ1) is 17.9.